The van der Waals surface area contributed by atoms with E-state index < -0.39 is 17.7 Å². The molecule has 0 fully saturated rings. The lowest BCUT2D eigenvalue weighted by molar-refractivity contribution is 0.500. The summed E-state index contributed by atoms with van der Waals surface area (Å²) in [6.45, 7) is 0. The quantitative estimate of drug-likeness (QED) is 0.806. The van der Waals surface area contributed by atoms with Crippen molar-refractivity contribution < 1.29 is 8.78 Å². The Bertz CT molecular complexity index is 604. The first-order valence-corrected chi connectivity index (χ1v) is 6.80. The fourth-order valence-electron chi connectivity index (χ4n) is 1.84. The molecular formula is C14H11BrClF2N. The summed E-state index contributed by atoms with van der Waals surface area (Å²) in [6, 6.07) is 9.38. The highest BCUT2D eigenvalue weighted by atomic mass is 79.9. The minimum absolute atomic E-state index is 0.0621. The van der Waals surface area contributed by atoms with Crippen LogP contribution in [0.15, 0.2) is 40.9 Å². The highest BCUT2D eigenvalue weighted by Crippen LogP contribution is 2.29. The van der Waals surface area contributed by atoms with Gasteiger partial charge >= 0.3 is 0 Å². The Morgan fingerprint density at radius 2 is 1.84 bits per heavy atom. The van der Waals surface area contributed by atoms with Crippen LogP contribution in [0, 0.1) is 11.6 Å². The summed E-state index contributed by atoms with van der Waals surface area (Å²) >= 11 is 9.09. The highest BCUT2D eigenvalue weighted by Gasteiger charge is 2.17. The highest BCUT2D eigenvalue weighted by molar-refractivity contribution is 9.10. The van der Waals surface area contributed by atoms with E-state index in [2.05, 4.69) is 15.9 Å². The molecule has 5 heteroatoms. The minimum Gasteiger partial charge on any atom is -0.324 e. The summed E-state index contributed by atoms with van der Waals surface area (Å²) in [5, 5.41) is 0.608. The van der Waals surface area contributed by atoms with Gasteiger partial charge < -0.3 is 5.73 Å². The van der Waals surface area contributed by atoms with Crippen LogP contribution in [0.25, 0.3) is 0 Å². The number of benzene rings is 2. The Morgan fingerprint density at radius 1 is 1.16 bits per heavy atom. The van der Waals surface area contributed by atoms with Crippen molar-refractivity contribution in [2.75, 3.05) is 0 Å². The van der Waals surface area contributed by atoms with E-state index in [-0.39, 0.29) is 4.47 Å². The SMILES string of the molecule is NC(Cc1ccccc1Cl)c1ccc(F)c(F)c1Br. The van der Waals surface area contributed by atoms with E-state index in [1.54, 1.807) is 6.07 Å². The van der Waals surface area contributed by atoms with E-state index in [4.69, 9.17) is 17.3 Å². The third-order valence-electron chi connectivity index (χ3n) is 2.86. The third-order valence-corrected chi connectivity index (χ3v) is 4.04. The summed E-state index contributed by atoms with van der Waals surface area (Å²) < 4.78 is 26.6. The van der Waals surface area contributed by atoms with Crippen molar-refractivity contribution in [1.82, 2.24) is 0 Å². The Hall–Kier alpha value is -0.970. The third kappa shape index (κ3) is 3.14. The van der Waals surface area contributed by atoms with Crippen LogP contribution in [0.3, 0.4) is 0 Å². The molecule has 0 aromatic heterocycles. The molecule has 1 atom stereocenters. The van der Waals surface area contributed by atoms with Crippen molar-refractivity contribution in [2.24, 2.45) is 5.73 Å². The van der Waals surface area contributed by atoms with Crippen LogP contribution in [0.4, 0.5) is 8.78 Å². The van der Waals surface area contributed by atoms with Crippen LogP contribution in [-0.4, -0.2) is 0 Å². The lowest BCUT2D eigenvalue weighted by atomic mass is 9.99. The Kier molecular flexibility index (Phi) is 4.55. The molecule has 2 aromatic rings. The first kappa shape index (κ1) is 14.4. The van der Waals surface area contributed by atoms with E-state index in [9.17, 15) is 8.78 Å². The zero-order valence-corrected chi connectivity index (χ0v) is 12.2. The first-order valence-electron chi connectivity index (χ1n) is 5.63. The minimum atomic E-state index is -0.924. The Balaban J connectivity index is 2.28. The predicted molar refractivity (Wildman–Crippen MR) is 76.1 cm³/mol. The Labute approximate surface area is 123 Å². The number of nitrogens with two attached hydrogens (primary N) is 1. The van der Waals surface area contributed by atoms with Gasteiger partial charge in [0.1, 0.15) is 0 Å². The summed E-state index contributed by atoms with van der Waals surface area (Å²) in [5.41, 5.74) is 7.42. The maximum Gasteiger partial charge on any atom is 0.173 e. The molecule has 0 bridgehead atoms. The van der Waals surface area contributed by atoms with Gasteiger partial charge in [-0.05, 0) is 45.6 Å². The van der Waals surface area contributed by atoms with E-state index in [0.29, 0.717) is 17.0 Å². The van der Waals surface area contributed by atoms with E-state index in [0.717, 1.165) is 11.6 Å². The van der Waals surface area contributed by atoms with Crippen LogP contribution < -0.4 is 5.73 Å². The molecule has 0 saturated heterocycles. The van der Waals surface area contributed by atoms with Gasteiger partial charge in [0.25, 0.3) is 0 Å². The second kappa shape index (κ2) is 5.99. The number of rotatable bonds is 3. The van der Waals surface area contributed by atoms with Gasteiger partial charge in [-0.3, -0.25) is 0 Å². The molecule has 1 unspecified atom stereocenters. The smallest absolute Gasteiger partial charge is 0.173 e. The molecule has 0 saturated carbocycles. The fourth-order valence-corrected chi connectivity index (χ4v) is 2.67. The molecule has 0 aliphatic rings. The maximum atomic E-state index is 13.5. The number of hydrogen-bond donors (Lipinski definition) is 1. The van der Waals surface area contributed by atoms with Gasteiger partial charge in [-0.1, -0.05) is 35.9 Å². The molecule has 0 amide bonds. The average molecular weight is 347 g/mol. The van der Waals surface area contributed by atoms with Crippen LogP contribution in [-0.2, 0) is 6.42 Å². The van der Waals surface area contributed by atoms with Gasteiger partial charge in [-0.25, -0.2) is 8.78 Å². The maximum absolute atomic E-state index is 13.5. The zero-order valence-electron chi connectivity index (χ0n) is 9.84. The molecule has 0 radical (unpaired) electrons. The van der Waals surface area contributed by atoms with Gasteiger partial charge in [0.05, 0.1) is 4.47 Å². The second-order valence-electron chi connectivity index (χ2n) is 4.17. The van der Waals surface area contributed by atoms with Gasteiger partial charge in [-0.15, -0.1) is 0 Å². The average Bonchev–Trinajstić information content (AvgIpc) is 2.39. The van der Waals surface area contributed by atoms with Gasteiger partial charge in [0.2, 0.25) is 0 Å². The molecule has 19 heavy (non-hydrogen) atoms. The van der Waals surface area contributed by atoms with E-state index >= 15 is 0 Å². The molecule has 0 heterocycles. The lowest BCUT2D eigenvalue weighted by Gasteiger charge is -2.15. The van der Waals surface area contributed by atoms with E-state index in [1.807, 2.05) is 18.2 Å². The normalized spacial score (nSPS) is 12.5. The van der Waals surface area contributed by atoms with Crippen molar-refractivity contribution in [3.05, 3.63) is 68.7 Å². The largest absolute Gasteiger partial charge is 0.324 e. The van der Waals surface area contributed by atoms with Crippen molar-refractivity contribution in [1.29, 1.82) is 0 Å². The molecule has 1 nitrogen and oxygen atoms in total. The molecule has 0 aliphatic carbocycles. The topological polar surface area (TPSA) is 26.0 Å². The predicted octanol–water partition coefficient (Wildman–Crippen LogP) is 4.62. The van der Waals surface area contributed by atoms with Gasteiger partial charge in [0.15, 0.2) is 11.6 Å². The fraction of sp³-hybridized carbons (Fsp3) is 0.143. The summed E-state index contributed by atoms with van der Waals surface area (Å²) in [6.07, 6.45) is 0.448. The second-order valence-corrected chi connectivity index (χ2v) is 5.37. The summed E-state index contributed by atoms with van der Waals surface area (Å²) in [4.78, 5) is 0. The molecule has 2 rings (SSSR count). The molecule has 100 valence electrons. The summed E-state index contributed by atoms with van der Waals surface area (Å²) in [5.74, 6) is -1.83. The molecular weight excluding hydrogens is 336 g/mol. The van der Waals surface area contributed by atoms with E-state index in [1.165, 1.54) is 6.07 Å². The molecule has 0 aliphatic heterocycles. The zero-order chi connectivity index (χ0) is 14.0. The van der Waals surface area contributed by atoms with Gasteiger partial charge in [0, 0.05) is 11.1 Å². The standard InChI is InChI=1S/C14H11BrClF2N/c15-13-9(5-6-11(17)14(13)18)12(19)7-8-3-1-2-4-10(8)16/h1-6,12H,7,19H2. The lowest BCUT2D eigenvalue weighted by Crippen LogP contribution is -2.15. The number of hydrogen-bond acceptors (Lipinski definition) is 1. The van der Waals surface area contributed by atoms with Crippen LogP contribution in [0.2, 0.25) is 5.02 Å². The van der Waals surface area contributed by atoms with Crippen molar-refractivity contribution >= 4 is 27.5 Å². The van der Waals surface area contributed by atoms with Crippen molar-refractivity contribution in [3.63, 3.8) is 0 Å². The first-order chi connectivity index (χ1) is 9.00. The molecule has 2 aromatic carbocycles. The van der Waals surface area contributed by atoms with Crippen molar-refractivity contribution in [2.45, 2.75) is 12.5 Å². The van der Waals surface area contributed by atoms with Crippen LogP contribution in [0.5, 0.6) is 0 Å². The van der Waals surface area contributed by atoms with Crippen molar-refractivity contribution in [3.8, 4) is 0 Å². The summed E-state index contributed by atoms with van der Waals surface area (Å²) in [7, 11) is 0. The Morgan fingerprint density at radius 3 is 2.53 bits per heavy atom. The number of halogens is 4. The van der Waals surface area contributed by atoms with Crippen LogP contribution in [0.1, 0.15) is 17.2 Å². The molecule has 0 spiro atoms. The monoisotopic (exact) mass is 345 g/mol. The van der Waals surface area contributed by atoms with Crippen LogP contribution >= 0.6 is 27.5 Å². The molecule has 2 N–H and O–H groups in total. The van der Waals surface area contributed by atoms with Gasteiger partial charge in [-0.2, -0.15) is 0 Å².